The summed E-state index contributed by atoms with van der Waals surface area (Å²) in [5, 5.41) is 6.71. The molecule has 6 aromatic heterocycles. The summed E-state index contributed by atoms with van der Waals surface area (Å²) in [4.78, 5) is 13.4. The van der Waals surface area contributed by atoms with Gasteiger partial charge in [-0.25, -0.2) is 0 Å². The van der Waals surface area contributed by atoms with E-state index in [0.29, 0.717) is 0 Å². The van der Waals surface area contributed by atoms with E-state index in [0.717, 1.165) is 116 Å². The fraction of sp³-hybridized carbons (Fsp3) is 0.0556. The van der Waals surface area contributed by atoms with Crippen LogP contribution in [0, 0.1) is 39.0 Å². The van der Waals surface area contributed by atoms with Gasteiger partial charge >= 0.3 is 20.1 Å². The Morgan fingerprint density at radius 1 is 0.344 bits per heavy atom. The molecule has 0 atom stereocenters. The third kappa shape index (κ3) is 7.62. The number of para-hydroxylation sites is 3. The van der Waals surface area contributed by atoms with Crippen LogP contribution in [0.5, 0.6) is 0 Å². The number of pyridine rings is 3. The van der Waals surface area contributed by atoms with Crippen molar-refractivity contribution in [3.8, 4) is 33.8 Å². The van der Waals surface area contributed by atoms with Crippen molar-refractivity contribution in [1.29, 1.82) is 0 Å². The van der Waals surface area contributed by atoms with E-state index in [2.05, 4.69) is 69.5 Å². The van der Waals surface area contributed by atoms with Gasteiger partial charge in [-0.2, -0.15) is 0 Å². The number of aryl methyl sites for hydroxylation is 3. The summed E-state index contributed by atoms with van der Waals surface area (Å²) in [5.74, 6) is 0. The number of hydrogen-bond donors (Lipinski definition) is 0. The van der Waals surface area contributed by atoms with Gasteiger partial charge < -0.3 is 28.2 Å². The molecule has 6 nitrogen and oxygen atoms in total. The van der Waals surface area contributed by atoms with E-state index in [1.807, 2.05) is 149 Å². The van der Waals surface area contributed by atoms with E-state index in [1.54, 1.807) is 0 Å². The van der Waals surface area contributed by atoms with E-state index >= 15 is 0 Å². The maximum absolute atomic E-state index is 6.00. The monoisotopic (exact) mass is 967 g/mol. The molecule has 0 fully saturated rings. The minimum Gasteiger partial charge on any atom is -0.501 e. The quantitative estimate of drug-likeness (QED) is 0.164. The van der Waals surface area contributed by atoms with Crippen molar-refractivity contribution in [3.05, 3.63) is 199 Å². The molecule has 0 aliphatic heterocycles. The smallest absolute Gasteiger partial charge is 0.501 e. The third-order valence-electron chi connectivity index (χ3n) is 10.5. The summed E-state index contributed by atoms with van der Waals surface area (Å²) >= 11 is 0. The van der Waals surface area contributed by atoms with Gasteiger partial charge in [0.25, 0.3) is 0 Å². The molecule has 12 aromatic rings. The Balaban J connectivity index is 0.000000116. The minimum atomic E-state index is 0. The van der Waals surface area contributed by atoms with Gasteiger partial charge in [0.1, 0.15) is 16.7 Å². The Morgan fingerprint density at radius 2 is 0.639 bits per heavy atom. The predicted octanol–water partition coefficient (Wildman–Crippen LogP) is 14.3. The summed E-state index contributed by atoms with van der Waals surface area (Å²) in [7, 11) is 0. The molecule has 0 bridgehead atoms. The molecule has 0 N–H and O–H groups in total. The van der Waals surface area contributed by atoms with Gasteiger partial charge in [0.15, 0.2) is 0 Å². The molecule has 61 heavy (non-hydrogen) atoms. The zero-order valence-corrected chi connectivity index (χ0v) is 35.9. The Kier molecular flexibility index (Phi) is 10.8. The molecule has 0 radical (unpaired) electrons. The van der Waals surface area contributed by atoms with E-state index < -0.39 is 0 Å². The molecule has 0 aliphatic rings. The molecule has 0 unspecified atom stereocenters. The Morgan fingerprint density at radius 3 is 0.918 bits per heavy atom. The first-order chi connectivity index (χ1) is 29.5. The second kappa shape index (κ2) is 16.8. The standard InChI is InChI=1S/3C18H12NO.Ir/c3*1-12-9-10-16(19-11-12)15-7-4-6-14-13-5-2-3-8-17(13)20-18(14)15;/h3*2-6,8-11H,1H3;/q3*-1;+3. The zero-order valence-electron chi connectivity index (χ0n) is 33.5. The van der Waals surface area contributed by atoms with Crippen LogP contribution in [0.25, 0.3) is 99.6 Å². The number of nitrogens with zero attached hydrogens (tertiary/aromatic N) is 3. The number of benzene rings is 6. The largest absolute Gasteiger partial charge is 3.00 e. The minimum absolute atomic E-state index is 0. The fourth-order valence-corrected chi connectivity index (χ4v) is 7.49. The maximum atomic E-state index is 6.00. The van der Waals surface area contributed by atoms with Gasteiger partial charge in [0.05, 0.1) is 16.7 Å². The number of fused-ring (bicyclic) bond motifs is 9. The van der Waals surface area contributed by atoms with Crippen molar-refractivity contribution >= 4 is 65.8 Å². The maximum Gasteiger partial charge on any atom is 3.00 e. The van der Waals surface area contributed by atoms with Crippen LogP contribution in [0.3, 0.4) is 0 Å². The molecule has 12 rings (SSSR count). The summed E-state index contributed by atoms with van der Waals surface area (Å²) in [6.07, 6.45) is 5.60. The first kappa shape index (κ1) is 39.3. The predicted molar refractivity (Wildman–Crippen MR) is 242 cm³/mol. The van der Waals surface area contributed by atoms with Crippen molar-refractivity contribution in [3.63, 3.8) is 0 Å². The topological polar surface area (TPSA) is 78.1 Å². The molecule has 7 heteroatoms. The fourth-order valence-electron chi connectivity index (χ4n) is 7.49. The molecular formula is C54H36IrN3O3. The van der Waals surface area contributed by atoms with Crippen molar-refractivity contribution < 1.29 is 33.4 Å². The number of aromatic nitrogens is 3. The van der Waals surface area contributed by atoms with Gasteiger partial charge in [-0.3, -0.25) is 0 Å². The first-order valence-corrected chi connectivity index (χ1v) is 19.7. The van der Waals surface area contributed by atoms with E-state index in [1.165, 1.54) is 0 Å². The van der Waals surface area contributed by atoms with E-state index in [4.69, 9.17) is 13.3 Å². The summed E-state index contributed by atoms with van der Waals surface area (Å²) in [5.41, 5.74) is 14.1. The van der Waals surface area contributed by atoms with Crippen LogP contribution < -0.4 is 0 Å². The zero-order chi connectivity index (χ0) is 40.6. The van der Waals surface area contributed by atoms with Crippen molar-refractivity contribution in [2.75, 3.05) is 0 Å². The third-order valence-corrected chi connectivity index (χ3v) is 10.5. The normalized spacial score (nSPS) is 11.1. The van der Waals surface area contributed by atoms with Crippen LogP contribution in [0.4, 0.5) is 0 Å². The van der Waals surface area contributed by atoms with Gasteiger partial charge in [0, 0.05) is 34.7 Å². The average Bonchev–Trinajstić information content (AvgIpc) is 3.99. The second-order valence-electron chi connectivity index (χ2n) is 14.7. The van der Waals surface area contributed by atoms with Crippen LogP contribution >= 0.6 is 0 Å². The van der Waals surface area contributed by atoms with Crippen LogP contribution in [0.1, 0.15) is 16.7 Å². The van der Waals surface area contributed by atoms with Crippen LogP contribution in [0.15, 0.2) is 177 Å². The van der Waals surface area contributed by atoms with Crippen molar-refractivity contribution in [1.82, 2.24) is 15.0 Å². The SMILES string of the molecule is Cc1ccc(-c2[c-]ccc3c2oc2ccccc23)nc1.Cc1ccc(-c2[c-]ccc3c2oc2ccccc23)nc1.Cc1ccc(-c2[c-]ccc3c2oc2ccccc23)nc1.[Ir+3]. The van der Waals surface area contributed by atoms with Gasteiger partial charge in [0.2, 0.25) is 0 Å². The number of furan rings is 3. The van der Waals surface area contributed by atoms with Gasteiger partial charge in [-0.05, 0) is 72.7 Å². The molecule has 6 aromatic carbocycles. The molecular weight excluding hydrogens is 931 g/mol. The van der Waals surface area contributed by atoms with Crippen LogP contribution in [0.2, 0.25) is 0 Å². The van der Waals surface area contributed by atoms with Gasteiger partial charge in [-0.1, -0.05) is 124 Å². The molecule has 0 saturated heterocycles. The van der Waals surface area contributed by atoms with Crippen LogP contribution in [-0.2, 0) is 20.1 Å². The average molecular weight is 967 g/mol. The Bertz CT molecular complexity index is 3090. The number of rotatable bonds is 3. The summed E-state index contributed by atoms with van der Waals surface area (Å²) in [6.45, 7) is 6.09. The van der Waals surface area contributed by atoms with Crippen LogP contribution in [-0.4, -0.2) is 15.0 Å². The summed E-state index contributed by atoms with van der Waals surface area (Å²) < 4.78 is 18.0. The van der Waals surface area contributed by atoms with Crippen molar-refractivity contribution in [2.45, 2.75) is 20.8 Å². The van der Waals surface area contributed by atoms with Crippen molar-refractivity contribution in [2.24, 2.45) is 0 Å². The Labute approximate surface area is 365 Å². The first-order valence-electron chi connectivity index (χ1n) is 19.7. The van der Waals surface area contributed by atoms with Gasteiger partial charge in [-0.15, -0.1) is 54.6 Å². The molecule has 294 valence electrons. The molecule has 0 aliphatic carbocycles. The van der Waals surface area contributed by atoms with E-state index in [-0.39, 0.29) is 20.1 Å². The molecule has 0 spiro atoms. The Hall–Kier alpha value is -7.18. The summed E-state index contributed by atoms with van der Waals surface area (Å²) in [6, 6.07) is 58.1. The second-order valence-corrected chi connectivity index (χ2v) is 14.7. The van der Waals surface area contributed by atoms with E-state index in [9.17, 15) is 0 Å². The number of hydrogen-bond acceptors (Lipinski definition) is 6. The molecule has 0 saturated carbocycles. The molecule has 0 amide bonds. The molecule has 6 heterocycles.